The Morgan fingerprint density at radius 2 is 2.18 bits per heavy atom. The van der Waals surface area contributed by atoms with Crippen molar-refractivity contribution in [2.75, 3.05) is 30.3 Å². The number of benzene rings is 1. The van der Waals surface area contributed by atoms with Gasteiger partial charge in [-0.1, -0.05) is 0 Å². The van der Waals surface area contributed by atoms with Gasteiger partial charge in [-0.2, -0.15) is 0 Å². The Bertz CT molecular complexity index is 453. The van der Waals surface area contributed by atoms with E-state index in [-0.39, 0.29) is 11.7 Å². The van der Waals surface area contributed by atoms with E-state index >= 15 is 0 Å². The van der Waals surface area contributed by atoms with Crippen molar-refractivity contribution in [3.05, 3.63) is 21.5 Å². The Hall–Kier alpha value is -1.05. The van der Waals surface area contributed by atoms with Gasteiger partial charge in [0.25, 0.3) is 0 Å². The monoisotopic (exact) mass is 349 g/mol. The number of nitrogen functional groups attached to an aromatic ring is 1. The molecular weight excluding hydrogens is 336 g/mol. The molecule has 17 heavy (non-hydrogen) atoms. The van der Waals surface area contributed by atoms with Crippen LogP contribution in [0.2, 0.25) is 0 Å². The number of hydrogen-bond acceptors (Lipinski definition) is 3. The van der Waals surface area contributed by atoms with Crippen molar-refractivity contribution < 1.29 is 9.18 Å². The van der Waals surface area contributed by atoms with Crippen molar-refractivity contribution in [3.8, 4) is 0 Å². The Kier molecular flexibility index (Phi) is 3.70. The summed E-state index contributed by atoms with van der Waals surface area (Å²) in [5, 5.41) is 2.77. The zero-order valence-corrected chi connectivity index (χ0v) is 11.3. The summed E-state index contributed by atoms with van der Waals surface area (Å²) in [4.78, 5) is 13.2. The molecule has 92 valence electrons. The van der Waals surface area contributed by atoms with E-state index in [9.17, 15) is 9.18 Å². The molecule has 1 amide bonds. The molecule has 0 saturated carbocycles. The van der Waals surface area contributed by atoms with Gasteiger partial charge in [0, 0.05) is 32.1 Å². The van der Waals surface area contributed by atoms with Crippen molar-refractivity contribution in [1.82, 2.24) is 5.32 Å². The number of anilines is 2. The van der Waals surface area contributed by atoms with E-state index in [1.165, 1.54) is 6.07 Å². The van der Waals surface area contributed by atoms with Crippen LogP contribution in [0.3, 0.4) is 0 Å². The Morgan fingerprint density at radius 1 is 1.41 bits per heavy atom. The molecule has 1 aromatic carbocycles. The second kappa shape index (κ2) is 5.07. The van der Waals surface area contributed by atoms with Gasteiger partial charge in [0.05, 0.1) is 14.9 Å². The van der Waals surface area contributed by atoms with Crippen LogP contribution in [0.1, 0.15) is 6.42 Å². The van der Waals surface area contributed by atoms with Crippen LogP contribution in [0, 0.1) is 9.39 Å². The van der Waals surface area contributed by atoms with Crippen molar-refractivity contribution in [2.24, 2.45) is 0 Å². The van der Waals surface area contributed by atoms with Crippen molar-refractivity contribution in [1.29, 1.82) is 0 Å². The summed E-state index contributed by atoms with van der Waals surface area (Å²) in [6, 6.07) is 3.05. The van der Waals surface area contributed by atoms with Crippen LogP contribution in [-0.4, -0.2) is 25.5 Å². The van der Waals surface area contributed by atoms with E-state index in [1.807, 2.05) is 27.5 Å². The van der Waals surface area contributed by atoms with E-state index in [0.717, 1.165) is 0 Å². The smallest absolute Gasteiger partial charge is 0.221 e. The fourth-order valence-corrected chi connectivity index (χ4v) is 2.32. The molecule has 0 radical (unpaired) electrons. The Balaban J connectivity index is 2.27. The van der Waals surface area contributed by atoms with E-state index in [0.29, 0.717) is 41.0 Å². The van der Waals surface area contributed by atoms with Crippen LogP contribution in [0.4, 0.5) is 15.8 Å². The molecule has 1 heterocycles. The summed E-state index contributed by atoms with van der Waals surface area (Å²) in [5.41, 5.74) is 7.10. The highest BCUT2D eigenvalue weighted by atomic mass is 127. The molecule has 1 saturated heterocycles. The van der Waals surface area contributed by atoms with Gasteiger partial charge in [0.1, 0.15) is 5.82 Å². The summed E-state index contributed by atoms with van der Waals surface area (Å²) in [6.07, 6.45) is 0.410. The van der Waals surface area contributed by atoms with Gasteiger partial charge >= 0.3 is 0 Å². The lowest BCUT2D eigenvalue weighted by atomic mass is 10.2. The number of carbonyl (C=O) groups excluding carboxylic acids is 1. The van der Waals surface area contributed by atoms with E-state index in [2.05, 4.69) is 5.32 Å². The topological polar surface area (TPSA) is 58.4 Å². The maximum atomic E-state index is 13.5. The maximum absolute atomic E-state index is 13.5. The lowest BCUT2D eigenvalue weighted by molar-refractivity contribution is -0.120. The lowest BCUT2D eigenvalue weighted by Crippen LogP contribution is -2.29. The summed E-state index contributed by atoms with van der Waals surface area (Å²) in [5.74, 6) is -0.254. The van der Waals surface area contributed by atoms with Crippen LogP contribution in [-0.2, 0) is 4.79 Å². The predicted molar refractivity (Wildman–Crippen MR) is 73.4 cm³/mol. The molecule has 1 aliphatic heterocycles. The van der Waals surface area contributed by atoms with Crippen molar-refractivity contribution in [2.45, 2.75) is 6.42 Å². The Labute approximate surface area is 112 Å². The maximum Gasteiger partial charge on any atom is 0.221 e. The fourth-order valence-electron chi connectivity index (χ4n) is 1.83. The first-order valence-corrected chi connectivity index (χ1v) is 6.42. The molecule has 0 spiro atoms. The summed E-state index contributed by atoms with van der Waals surface area (Å²) in [7, 11) is 0. The molecule has 1 aromatic rings. The molecule has 4 nitrogen and oxygen atoms in total. The number of carbonyl (C=O) groups is 1. The third-order valence-corrected chi connectivity index (χ3v) is 3.55. The number of nitrogens with one attached hydrogen (secondary N) is 1. The zero-order valence-electron chi connectivity index (χ0n) is 9.17. The van der Waals surface area contributed by atoms with Gasteiger partial charge in [0.15, 0.2) is 0 Å². The van der Waals surface area contributed by atoms with Crippen LogP contribution in [0.15, 0.2) is 12.1 Å². The van der Waals surface area contributed by atoms with Gasteiger partial charge in [-0.15, -0.1) is 0 Å². The molecular formula is C11H13FIN3O. The van der Waals surface area contributed by atoms with E-state index in [4.69, 9.17) is 5.73 Å². The van der Waals surface area contributed by atoms with Gasteiger partial charge < -0.3 is 16.0 Å². The fraction of sp³-hybridized carbons (Fsp3) is 0.364. The molecule has 0 bridgehead atoms. The first-order chi connectivity index (χ1) is 8.08. The molecule has 0 atom stereocenters. The average molecular weight is 349 g/mol. The first-order valence-electron chi connectivity index (χ1n) is 5.34. The Morgan fingerprint density at radius 3 is 2.94 bits per heavy atom. The molecule has 0 unspecified atom stereocenters. The highest BCUT2D eigenvalue weighted by molar-refractivity contribution is 14.1. The SMILES string of the molecule is Nc1cc(I)c(F)cc1N1CCNC(=O)CC1. The minimum atomic E-state index is -0.279. The number of hydrogen-bond donors (Lipinski definition) is 2. The molecule has 6 heteroatoms. The average Bonchev–Trinajstić information content (AvgIpc) is 2.49. The number of amides is 1. The molecule has 0 aliphatic carbocycles. The van der Waals surface area contributed by atoms with Crippen LogP contribution < -0.4 is 16.0 Å². The normalized spacial score (nSPS) is 16.6. The zero-order chi connectivity index (χ0) is 12.4. The quantitative estimate of drug-likeness (QED) is 0.594. The second-order valence-corrected chi connectivity index (χ2v) is 5.07. The lowest BCUT2D eigenvalue weighted by Gasteiger charge is -2.23. The number of halogens is 2. The largest absolute Gasteiger partial charge is 0.397 e. The summed E-state index contributed by atoms with van der Waals surface area (Å²) < 4.78 is 14.0. The number of nitrogens with zero attached hydrogens (tertiary/aromatic N) is 1. The van der Waals surface area contributed by atoms with Crippen molar-refractivity contribution >= 4 is 39.9 Å². The van der Waals surface area contributed by atoms with Crippen LogP contribution >= 0.6 is 22.6 Å². The molecule has 1 aliphatic rings. The summed E-state index contributed by atoms with van der Waals surface area (Å²) in [6.45, 7) is 1.78. The third-order valence-electron chi connectivity index (χ3n) is 2.72. The molecule has 3 N–H and O–H groups in total. The highest BCUT2D eigenvalue weighted by Crippen LogP contribution is 2.27. The van der Waals surface area contributed by atoms with Crippen LogP contribution in [0.25, 0.3) is 0 Å². The predicted octanol–water partition coefficient (Wildman–Crippen LogP) is 1.34. The van der Waals surface area contributed by atoms with Gasteiger partial charge in [-0.05, 0) is 28.7 Å². The minimum Gasteiger partial charge on any atom is -0.397 e. The minimum absolute atomic E-state index is 0.0251. The third kappa shape index (κ3) is 2.80. The molecule has 2 rings (SSSR count). The molecule has 1 fully saturated rings. The molecule has 0 aromatic heterocycles. The number of nitrogens with two attached hydrogens (primary N) is 1. The number of rotatable bonds is 1. The van der Waals surface area contributed by atoms with Gasteiger partial charge in [-0.3, -0.25) is 4.79 Å². The van der Waals surface area contributed by atoms with Gasteiger partial charge in [0.2, 0.25) is 5.91 Å². The van der Waals surface area contributed by atoms with E-state index in [1.54, 1.807) is 6.07 Å². The standard InChI is InChI=1S/C11H13FIN3O/c12-7-5-10(9(14)6-8(7)13)16-3-1-11(17)15-2-4-16/h5-6H,1-4,14H2,(H,15,17). The van der Waals surface area contributed by atoms with Gasteiger partial charge in [-0.25, -0.2) is 4.39 Å². The van der Waals surface area contributed by atoms with E-state index < -0.39 is 0 Å². The second-order valence-electron chi connectivity index (χ2n) is 3.91. The van der Waals surface area contributed by atoms with Crippen molar-refractivity contribution in [3.63, 3.8) is 0 Å². The summed E-state index contributed by atoms with van der Waals surface area (Å²) >= 11 is 1.91. The highest BCUT2D eigenvalue weighted by Gasteiger charge is 2.17. The van der Waals surface area contributed by atoms with Crippen LogP contribution in [0.5, 0.6) is 0 Å². The first kappa shape index (κ1) is 12.4.